The number of H-pyrrole nitrogens is 2. The number of benzene rings is 2. The van der Waals surface area contributed by atoms with Gasteiger partial charge in [-0.3, -0.25) is 33.6 Å². The average Bonchev–Trinajstić information content (AvgIpc) is 3.84. The molecule has 0 aliphatic rings. The molecule has 5 rings (SSSR count). The van der Waals surface area contributed by atoms with Gasteiger partial charge in [0.2, 0.25) is 29.5 Å². The molecule has 9 N–H and O–H groups in total. The number of carbonyl (C=O) groups excluding carboxylic acids is 5. The van der Waals surface area contributed by atoms with Crippen LogP contribution in [0.15, 0.2) is 76.5 Å². The van der Waals surface area contributed by atoms with E-state index in [1.54, 1.807) is 30.5 Å². The number of nitrogens with one attached hydrogen (secondary N) is 7. The first-order valence-corrected chi connectivity index (χ1v) is 18.0. The van der Waals surface area contributed by atoms with Crippen LogP contribution < -0.4 is 32.2 Å². The second kappa shape index (κ2) is 18.8. The molecule has 0 saturated heterocycles. The number of halogens is 3. The van der Waals surface area contributed by atoms with E-state index in [1.165, 1.54) is 19.4 Å². The molecule has 0 bridgehead atoms. The van der Waals surface area contributed by atoms with E-state index in [9.17, 15) is 61.7 Å². The molecule has 3 aromatic heterocycles. The number of aromatic amines is 2. The largest absolute Gasteiger partial charge is 0.481 e. The second-order valence-electron chi connectivity index (χ2n) is 13.5. The normalized spacial score (nSPS) is 13.4. The van der Waals surface area contributed by atoms with E-state index >= 15 is 0 Å². The lowest BCUT2D eigenvalue weighted by molar-refractivity contribution is -0.140. The van der Waals surface area contributed by atoms with Crippen molar-refractivity contribution >= 4 is 69.0 Å². The van der Waals surface area contributed by atoms with Crippen molar-refractivity contribution in [2.45, 2.75) is 69.4 Å². The van der Waals surface area contributed by atoms with Crippen LogP contribution in [-0.4, -0.2) is 90.8 Å². The van der Waals surface area contributed by atoms with E-state index in [-0.39, 0.29) is 30.3 Å². The van der Waals surface area contributed by atoms with Gasteiger partial charge in [-0.05, 0) is 30.2 Å². The van der Waals surface area contributed by atoms with Crippen LogP contribution in [0.2, 0.25) is 0 Å². The molecule has 316 valence electrons. The van der Waals surface area contributed by atoms with Gasteiger partial charge in [-0.25, -0.2) is 9.78 Å². The molecule has 4 atom stereocenters. The van der Waals surface area contributed by atoms with E-state index in [4.69, 9.17) is 4.42 Å². The Bertz CT molecular complexity index is 2480. The standard InChI is InChI=1S/C38H37F3N8O11/c1-18(50)45-27(10-19-15-43-25-5-3-2-4-22(19)25)36(58)47-26(8-9-31(51)52)34(56)48-28(11-21-16-42-17-44-21)37(59)49-29(14-32(53)54)35(57)46-20-6-7-23-24(38(39,40)41)13-33(55)60-30(23)12-20/h2-7,12-13,15-17,26-29,43H,8-11,14H2,1H3,(H,42,44)(H,45,50)(H,46,57)(H,47,58)(H,48,56)(H,49,59)(H,51,52)(H,53,54)/t26-,27?,28+,29+/m1/s1. The monoisotopic (exact) mass is 838 g/mol. The van der Waals surface area contributed by atoms with Crippen LogP contribution in [0, 0.1) is 0 Å². The number of alkyl halides is 3. The number of rotatable bonds is 18. The number of carbonyl (C=O) groups is 7. The summed E-state index contributed by atoms with van der Waals surface area (Å²) in [5.74, 6) is -7.70. The molecule has 60 heavy (non-hydrogen) atoms. The number of anilines is 1. The molecule has 0 fully saturated rings. The van der Waals surface area contributed by atoms with Crippen LogP contribution in [0.1, 0.15) is 43.0 Å². The Labute approximate surface area is 335 Å². The van der Waals surface area contributed by atoms with Crippen LogP contribution >= 0.6 is 0 Å². The minimum absolute atomic E-state index is 0.0389. The van der Waals surface area contributed by atoms with Gasteiger partial charge in [0.15, 0.2) is 0 Å². The molecule has 5 aromatic rings. The van der Waals surface area contributed by atoms with Crippen LogP contribution in [0.3, 0.4) is 0 Å². The Balaban J connectivity index is 1.36. The zero-order valence-electron chi connectivity index (χ0n) is 31.3. The second-order valence-corrected chi connectivity index (χ2v) is 13.5. The van der Waals surface area contributed by atoms with Gasteiger partial charge in [0.05, 0.1) is 18.3 Å². The van der Waals surface area contributed by atoms with Crippen molar-refractivity contribution in [3.05, 3.63) is 94.5 Å². The maximum atomic E-state index is 13.8. The Kier molecular flexibility index (Phi) is 13.7. The molecule has 2 aromatic carbocycles. The fraction of sp³-hybridized carbons (Fsp3) is 0.289. The minimum atomic E-state index is -4.92. The topological polar surface area (TPSA) is 295 Å². The van der Waals surface area contributed by atoms with Crippen LogP contribution in [0.5, 0.6) is 0 Å². The summed E-state index contributed by atoms with van der Waals surface area (Å²) in [6.45, 7) is 1.18. The number of carboxylic acid groups (broad SMARTS) is 2. The van der Waals surface area contributed by atoms with Gasteiger partial charge in [0.1, 0.15) is 29.8 Å². The summed E-state index contributed by atoms with van der Waals surface area (Å²) in [6.07, 6.45) is -3.25. The van der Waals surface area contributed by atoms with Crippen molar-refractivity contribution in [2.24, 2.45) is 0 Å². The highest BCUT2D eigenvalue weighted by Crippen LogP contribution is 2.34. The number of hydrogen-bond donors (Lipinski definition) is 9. The summed E-state index contributed by atoms with van der Waals surface area (Å²) in [4.78, 5) is 112. The van der Waals surface area contributed by atoms with E-state index < -0.39 is 113 Å². The van der Waals surface area contributed by atoms with E-state index in [2.05, 4.69) is 41.5 Å². The molecule has 1 unspecified atom stereocenters. The van der Waals surface area contributed by atoms with E-state index in [1.807, 2.05) is 0 Å². The van der Waals surface area contributed by atoms with Gasteiger partial charge in [-0.1, -0.05) is 18.2 Å². The molecule has 19 nitrogen and oxygen atoms in total. The van der Waals surface area contributed by atoms with Crippen molar-refractivity contribution in [2.75, 3.05) is 5.32 Å². The lowest BCUT2D eigenvalue weighted by Gasteiger charge is -2.26. The number of fused-ring (bicyclic) bond motifs is 2. The lowest BCUT2D eigenvalue weighted by Crippen LogP contribution is -2.58. The summed E-state index contributed by atoms with van der Waals surface area (Å²) in [7, 11) is 0. The third kappa shape index (κ3) is 11.5. The number of nitrogens with zero attached hydrogens (tertiary/aromatic N) is 1. The first kappa shape index (κ1) is 43.6. The van der Waals surface area contributed by atoms with Crippen molar-refractivity contribution < 1.29 is 61.4 Å². The third-order valence-corrected chi connectivity index (χ3v) is 9.01. The summed E-state index contributed by atoms with van der Waals surface area (Å²) in [5.41, 5.74) is -1.75. The molecule has 0 radical (unpaired) electrons. The lowest BCUT2D eigenvalue weighted by atomic mass is 10.0. The number of para-hydroxylation sites is 1. The molecule has 0 saturated carbocycles. The molecule has 3 heterocycles. The number of aliphatic carboxylic acids is 2. The van der Waals surface area contributed by atoms with Gasteiger partial charge in [-0.2, -0.15) is 13.2 Å². The molecular formula is C38H37F3N8O11. The summed E-state index contributed by atoms with van der Waals surface area (Å²) >= 11 is 0. The molecule has 0 aliphatic carbocycles. The van der Waals surface area contributed by atoms with Crippen LogP contribution in [0.4, 0.5) is 18.9 Å². The predicted octanol–water partition coefficient (Wildman–Crippen LogP) is 1.74. The maximum Gasteiger partial charge on any atom is 0.417 e. The first-order valence-electron chi connectivity index (χ1n) is 18.0. The van der Waals surface area contributed by atoms with Crippen LogP contribution in [0.25, 0.3) is 21.9 Å². The highest BCUT2D eigenvalue weighted by atomic mass is 19.4. The van der Waals surface area contributed by atoms with Gasteiger partial charge < -0.3 is 51.2 Å². The smallest absolute Gasteiger partial charge is 0.417 e. The fourth-order valence-electron chi connectivity index (χ4n) is 6.24. The average molecular weight is 839 g/mol. The van der Waals surface area contributed by atoms with Gasteiger partial charge >= 0.3 is 23.7 Å². The Morgan fingerprint density at radius 3 is 2.10 bits per heavy atom. The number of carboxylic acids is 2. The van der Waals surface area contributed by atoms with Gasteiger partial charge in [0.25, 0.3) is 0 Å². The molecule has 0 aliphatic heterocycles. The first-order chi connectivity index (χ1) is 28.4. The summed E-state index contributed by atoms with van der Waals surface area (Å²) < 4.78 is 45.5. The number of amides is 5. The maximum absolute atomic E-state index is 13.8. The zero-order chi connectivity index (χ0) is 43.7. The number of aromatic nitrogens is 3. The SMILES string of the molecule is CC(=O)NC(Cc1c[nH]c2ccccc12)C(=O)N[C@H](CCC(=O)O)C(=O)N[C@@H](Cc1cnc[nH]1)C(=O)N[C@@H](CC(=O)O)C(=O)Nc1ccc2c(C(F)(F)F)cc(=O)oc2c1. The van der Waals surface area contributed by atoms with E-state index in [0.717, 1.165) is 29.1 Å². The predicted molar refractivity (Wildman–Crippen MR) is 203 cm³/mol. The minimum Gasteiger partial charge on any atom is -0.481 e. The molecule has 0 spiro atoms. The molecule has 5 amide bonds. The van der Waals surface area contributed by atoms with Crippen molar-refractivity contribution in [1.82, 2.24) is 36.2 Å². The third-order valence-electron chi connectivity index (χ3n) is 9.01. The molecule has 22 heteroatoms. The zero-order valence-corrected chi connectivity index (χ0v) is 31.3. The van der Waals surface area contributed by atoms with Crippen LogP contribution in [-0.2, 0) is 52.6 Å². The van der Waals surface area contributed by atoms with Crippen molar-refractivity contribution in [3.8, 4) is 0 Å². The van der Waals surface area contributed by atoms with Gasteiger partial charge in [0, 0.05) is 78.4 Å². The number of imidazole rings is 1. The fourth-order valence-corrected chi connectivity index (χ4v) is 6.24. The summed E-state index contributed by atoms with van der Waals surface area (Å²) in [5, 5.41) is 31.2. The Morgan fingerprint density at radius 2 is 1.45 bits per heavy atom. The Hall–Kier alpha value is -7.52. The molecular weight excluding hydrogens is 801 g/mol. The number of hydrogen-bond acceptors (Lipinski definition) is 10. The quantitative estimate of drug-likeness (QED) is 0.0571. The Morgan fingerprint density at radius 1 is 0.783 bits per heavy atom. The highest BCUT2D eigenvalue weighted by molar-refractivity contribution is 6.01. The van der Waals surface area contributed by atoms with Gasteiger partial charge in [-0.15, -0.1) is 0 Å². The van der Waals surface area contributed by atoms with E-state index in [0.29, 0.717) is 5.56 Å². The highest BCUT2D eigenvalue weighted by Gasteiger charge is 2.35. The van der Waals surface area contributed by atoms with Crippen molar-refractivity contribution in [1.29, 1.82) is 0 Å². The summed E-state index contributed by atoms with van der Waals surface area (Å²) in [6, 6.07) is 3.92. The van der Waals surface area contributed by atoms with Crippen molar-refractivity contribution in [3.63, 3.8) is 0 Å².